The molecule has 2 aromatic rings. The molecule has 0 heterocycles. The van der Waals surface area contributed by atoms with Crippen molar-refractivity contribution in [3.63, 3.8) is 0 Å². The van der Waals surface area contributed by atoms with Crippen LogP contribution in [0.5, 0.6) is 0 Å². The first-order chi connectivity index (χ1) is 12.6. The van der Waals surface area contributed by atoms with Gasteiger partial charge in [0, 0.05) is 26.3 Å². The van der Waals surface area contributed by atoms with E-state index in [-0.39, 0.29) is 18.2 Å². The summed E-state index contributed by atoms with van der Waals surface area (Å²) < 4.78 is 39.3. The third-order valence-corrected chi connectivity index (χ3v) is 4.35. The highest BCUT2D eigenvalue weighted by atomic mass is 19.4. The maximum Gasteiger partial charge on any atom is 0.417 e. The Bertz CT molecular complexity index is 771. The summed E-state index contributed by atoms with van der Waals surface area (Å²) in [6, 6.07) is 12.5. The van der Waals surface area contributed by atoms with Gasteiger partial charge in [-0.05, 0) is 43.9 Å². The van der Waals surface area contributed by atoms with Crippen molar-refractivity contribution in [2.24, 2.45) is 0 Å². The van der Waals surface area contributed by atoms with Crippen LogP contribution in [-0.2, 0) is 6.18 Å². The number of halogens is 3. The lowest BCUT2D eigenvalue weighted by atomic mass is 10.0. The number of nitrogens with one attached hydrogen (secondary N) is 1. The Kier molecular flexibility index (Phi) is 6.49. The number of carbonyl (C=O) groups is 1. The van der Waals surface area contributed by atoms with Crippen molar-refractivity contribution in [3.05, 3.63) is 65.2 Å². The van der Waals surface area contributed by atoms with Gasteiger partial charge in [0.15, 0.2) is 0 Å². The summed E-state index contributed by atoms with van der Waals surface area (Å²) in [6.07, 6.45) is -4.57. The van der Waals surface area contributed by atoms with E-state index in [9.17, 15) is 18.0 Å². The molecule has 7 heteroatoms. The summed E-state index contributed by atoms with van der Waals surface area (Å²) in [5.41, 5.74) is 0.708. The summed E-state index contributed by atoms with van der Waals surface area (Å²) in [5.74, 6) is -0.736. The molecule has 0 aromatic heterocycles. The Morgan fingerprint density at radius 2 is 1.59 bits per heavy atom. The zero-order valence-corrected chi connectivity index (χ0v) is 15.8. The van der Waals surface area contributed by atoms with Crippen LogP contribution in [0.4, 0.5) is 18.9 Å². The van der Waals surface area contributed by atoms with Gasteiger partial charge in [0.1, 0.15) is 0 Å². The van der Waals surface area contributed by atoms with Crippen molar-refractivity contribution in [1.29, 1.82) is 0 Å². The van der Waals surface area contributed by atoms with Gasteiger partial charge in [-0.3, -0.25) is 4.79 Å². The van der Waals surface area contributed by atoms with Crippen LogP contribution < -0.4 is 10.2 Å². The van der Waals surface area contributed by atoms with Crippen LogP contribution in [0, 0.1) is 0 Å². The van der Waals surface area contributed by atoms with Gasteiger partial charge in [-0.15, -0.1) is 0 Å². The summed E-state index contributed by atoms with van der Waals surface area (Å²) >= 11 is 0. The number of carbonyl (C=O) groups excluding carboxylic acids is 1. The highest BCUT2D eigenvalue weighted by Crippen LogP contribution is 2.31. The van der Waals surface area contributed by atoms with Gasteiger partial charge in [-0.1, -0.05) is 24.3 Å². The molecule has 0 saturated carbocycles. The van der Waals surface area contributed by atoms with E-state index in [1.165, 1.54) is 18.2 Å². The lowest BCUT2D eigenvalue weighted by Gasteiger charge is -2.26. The van der Waals surface area contributed by atoms with Crippen LogP contribution in [-0.4, -0.2) is 45.5 Å². The fraction of sp³-hybridized carbons (Fsp3) is 0.350. The van der Waals surface area contributed by atoms with E-state index in [2.05, 4.69) is 5.32 Å². The Balaban J connectivity index is 2.16. The zero-order valence-electron chi connectivity index (χ0n) is 15.8. The van der Waals surface area contributed by atoms with Gasteiger partial charge in [0.05, 0.1) is 17.2 Å². The van der Waals surface area contributed by atoms with Crippen LogP contribution in [0.25, 0.3) is 0 Å². The number of likely N-dealkylation sites (N-methyl/N-ethyl adjacent to an activating group) is 1. The summed E-state index contributed by atoms with van der Waals surface area (Å²) in [7, 11) is 7.61. The smallest absolute Gasteiger partial charge is 0.378 e. The molecule has 0 radical (unpaired) electrons. The first-order valence-electron chi connectivity index (χ1n) is 8.49. The van der Waals surface area contributed by atoms with Crippen LogP contribution in [0.15, 0.2) is 48.5 Å². The quantitative estimate of drug-likeness (QED) is 0.829. The second-order valence-electron chi connectivity index (χ2n) is 6.72. The van der Waals surface area contributed by atoms with E-state index in [0.717, 1.165) is 17.3 Å². The number of nitrogens with zero attached hydrogens (tertiary/aromatic N) is 2. The van der Waals surface area contributed by atoms with Crippen molar-refractivity contribution >= 4 is 11.6 Å². The average molecular weight is 379 g/mol. The monoisotopic (exact) mass is 379 g/mol. The number of hydrogen-bond acceptors (Lipinski definition) is 3. The van der Waals surface area contributed by atoms with Gasteiger partial charge in [-0.2, -0.15) is 13.2 Å². The predicted molar refractivity (Wildman–Crippen MR) is 101 cm³/mol. The van der Waals surface area contributed by atoms with E-state index in [1.54, 1.807) is 0 Å². The number of benzene rings is 2. The summed E-state index contributed by atoms with van der Waals surface area (Å²) in [4.78, 5) is 16.3. The molecule has 2 aromatic carbocycles. The Hall–Kier alpha value is -2.54. The molecule has 1 N–H and O–H groups in total. The molecule has 1 amide bonds. The highest BCUT2D eigenvalue weighted by Gasteiger charge is 2.34. The maximum absolute atomic E-state index is 13.1. The fourth-order valence-electron chi connectivity index (χ4n) is 2.81. The van der Waals surface area contributed by atoms with E-state index < -0.39 is 17.6 Å². The second-order valence-corrected chi connectivity index (χ2v) is 6.72. The van der Waals surface area contributed by atoms with Gasteiger partial charge in [-0.25, -0.2) is 0 Å². The number of rotatable bonds is 6. The van der Waals surface area contributed by atoms with E-state index in [4.69, 9.17) is 0 Å². The first kappa shape index (κ1) is 20.8. The molecule has 0 unspecified atom stereocenters. The van der Waals surface area contributed by atoms with Crippen molar-refractivity contribution < 1.29 is 18.0 Å². The molecule has 1 atom stereocenters. The van der Waals surface area contributed by atoms with Crippen molar-refractivity contribution in [1.82, 2.24) is 10.2 Å². The Morgan fingerprint density at radius 3 is 2.11 bits per heavy atom. The molecule has 0 aliphatic carbocycles. The van der Waals surface area contributed by atoms with Crippen molar-refractivity contribution in [3.8, 4) is 0 Å². The minimum atomic E-state index is -4.57. The second kappa shape index (κ2) is 8.43. The van der Waals surface area contributed by atoms with Crippen molar-refractivity contribution in [2.75, 3.05) is 39.6 Å². The summed E-state index contributed by atoms with van der Waals surface area (Å²) in [6.45, 7) is 0.194. The van der Waals surface area contributed by atoms with Crippen LogP contribution in [0.1, 0.15) is 27.5 Å². The van der Waals surface area contributed by atoms with E-state index >= 15 is 0 Å². The van der Waals surface area contributed by atoms with Crippen LogP contribution in [0.3, 0.4) is 0 Å². The number of alkyl halides is 3. The predicted octanol–water partition coefficient (Wildman–Crippen LogP) is 3.80. The molecule has 0 aliphatic heterocycles. The SMILES string of the molecule is CN(C)c1ccc([C@@H](CNC(=O)c2ccccc2C(F)(F)F)N(C)C)cc1. The Labute approximate surface area is 157 Å². The lowest BCUT2D eigenvalue weighted by Crippen LogP contribution is -2.35. The summed E-state index contributed by atoms with van der Waals surface area (Å²) in [5, 5.41) is 2.64. The minimum absolute atomic E-state index is 0.164. The van der Waals surface area contributed by atoms with Crippen LogP contribution >= 0.6 is 0 Å². The lowest BCUT2D eigenvalue weighted by molar-refractivity contribution is -0.137. The molecule has 0 spiro atoms. The standard InChI is InChI=1S/C20H24F3N3O/c1-25(2)15-11-9-14(10-12-15)18(26(3)4)13-24-19(27)16-7-5-6-8-17(16)20(21,22)23/h5-12,18H,13H2,1-4H3,(H,24,27)/t18-/m1/s1. The van der Waals surface area contributed by atoms with Crippen molar-refractivity contribution in [2.45, 2.75) is 12.2 Å². The molecule has 2 rings (SSSR count). The minimum Gasteiger partial charge on any atom is -0.378 e. The Morgan fingerprint density at radius 1 is 1.00 bits per heavy atom. The van der Waals surface area contributed by atoms with E-state index in [1.807, 2.05) is 62.3 Å². The first-order valence-corrected chi connectivity index (χ1v) is 8.49. The number of anilines is 1. The molecule has 4 nitrogen and oxygen atoms in total. The number of hydrogen-bond donors (Lipinski definition) is 1. The third kappa shape index (κ3) is 5.23. The van der Waals surface area contributed by atoms with Crippen LogP contribution in [0.2, 0.25) is 0 Å². The average Bonchev–Trinajstić information content (AvgIpc) is 2.61. The molecule has 0 saturated heterocycles. The van der Waals surface area contributed by atoms with Gasteiger partial charge < -0.3 is 15.1 Å². The normalized spacial score (nSPS) is 12.7. The topological polar surface area (TPSA) is 35.6 Å². The molecule has 146 valence electrons. The molecule has 0 aliphatic rings. The molecular formula is C20H24F3N3O. The molecule has 0 bridgehead atoms. The van der Waals surface area contributed by atoms with Gasteiger partial charge in [0.25, 0.3) is 5.91 Å². The maximum atomic E-state index is 13.1. The van der Waals surface area contributed by atoms with Gasteiger partial charge in [0.2, 0.25) is 0 Å². The number of amides is 1. The molecular weight excluding hydrogens is 355 g/mol. The highest BCUT2D eigenvalue weighted by molar-refractivity contribution is 5.95. The largest absolute Gasteiger partial charge is 0.417 e. The van der Waals surface area contributed by atoms with E-state index in [0.29, 0.717) is 0 Å². The fourth-order valence-corrected chi connectivity index (χ4v) is 2.81. The molecule has 0 fully saturated rings. The molecule has 27 heavy (non-hydrogen) atoms. The van der Waals surface area contributed by atoms with Gasteiger partial charge >= 0.3 is 6.18 Å². The third-order valence-electron chi connectivity index (χ3n) is 4.35. The zero-order chi connectivity index (χ0) is 20.2.